The lowest BCUT2D eigenvalue weighted by atomic mass is 9.67. The van der Waals surface area contributed by atoms with Crippen molar-refractivity contribution in [2.75, 3.05) is 6.54 Å². The zero-order chi connectivity index (χ0) is 11.6. The first kappa shape index (κ1) is 12.4. The van der Waals surface area contributed by atoms with Crippen LogP contribution in [0.1, 0.15) is 65.2 Å². The summed E-state index contributed by atoms with van der Waals surface area (Å²) in [6.07, 6.45) is 11.2. The second-order valence-corrected chi connectivity index (χ2v) is 6.26. The summed E-state index contributed by atoms with van der Waals surface area (Å²) >= 11 is 0. The van der Waals surface area contributed by atoms with Gasteiger partial charge in [-0.2, -0.15) is 0 Å². The zero-order valence-electron chi connectivity index (χ0n) is 10.9. The molecule has 0 atom stereocenters. The number of ether oxygens (including phenoxy) is 1. The van der Waals surface area contributed by atoms with E-state index >= 15 is 0 Å². The van der Waals surface area contributed by atoms with Gasteiger partial charge >= 0.3 is 0 Å². The van der Waals surface area contributed by atoms with E-state index in [-0.39, 0.29) is 5.60 Å². The molecule has 0 heterocycles. The lowest BCUT2D eigenvalue weighted by molar-refractivity contribution is -0.112. The van der Waals surface area contributed by atoms with Crippen LogP contribution in [0.25, 0.3) is 0 Å². The molecule has 16 heavy (non-hydrogen) atoms. The van der Waals surface area contributed by atoms with Crippen molar-refractivity contribution in [1.29, 1.82) is 0 Å². The second kappa shape index (κ2) is 4.66. The van der Waals surface area contributed by atoms with Crippen LogP contribution in [0.15, 0.2) is 0 Å². The van der Waals surface area contributed by atoms with Gasteiger partial charge in [-0.15, -0.1) is 0 Å². The van der Waals surface area contributed by atoms with E-state index in [1.807, 2.05) is 0 Å². The standard InChI is InChI=1S/C14H27NO/c1-12(2)16-14(11-15)9-7-13(8-10-14)5-3-4-6-13/h12H,3-11,15H2,1-2H3. The molecular weight excluding hydrogens is 198 g/mol. The van der Waals surface area contributed by atoms with Gasteiger partial charge in [0.1, 0.15) is 0 Å². The minimum atomic E-state index is 0.00199. The molecule has 0 aromatic carbocycles. The fourth-order valence-electron chi connectivity index (χ4n) is 3.73. The normalized spacial score (nSPS) is 27.8. The average Bonchev–Trinajstić information content (AvgIpc) is 2.71. The van der Waals surface area contributed by atoms with Gasteiger partial charge in [0.05, 0.1) is 11.7 Å². The van der Waals surface area contributed by atoms with Crippen LogP contribution in [-0.2, 0) is 4.74 Å². The van der Waals surface area contributed by atoms with Crippen molar-refractivity contribution >= 4 is 0 Å². The maximum Gasteiger partial charge on any atom is 0.0808 e. The number of hydrogen-bond donors (Lipinski definition) is 1. The lowest BCUT2D eigenvalue weighted by Gasteiger charge is -2.45. The Labute approximate surface area is 99.9 Å². The van der Waals surface area contributed by atoms with Crippen molar-refractivity contribution in [1.82, 2.24) is 0 Å². The van der Waals surface area contributed by atoms with Gasteiger partial charge in [-0.1, -0.05) is 12.8 Å². The Balaban J connectivity index is 1.95. The summed E-state index contributed by atoms with van der Waals surface area (Å²) in [5.41, 5.74) is 6.63. The number of rotatable bonds is 3. The smallest absolute Gasteiger partial charge is 0.0808 e. The predicted molar refractivity (Wildman–Crippen MR) is 67.4 cm³/mol. The summed E-state index contributed by atoms with van der Waals surface area (Å²) in [4.78, 5) is 0. The van der Waals surface area contributed by atoms with Gasteiger partial charge < -0.3 is 10.5 Å². The summed E-state index contributed by atoms with van der Waals surface area (Å²) in [7, 11) is 0. The molecule has 0 radical (unpaired) electrons. The minimum absolute atomic E-state index is 0.00199. The van der Waals surface area contributed by atoms with Gasteiger partial charge in [-0.05, 0) is 57.8 Å². The summed E-state index contributed by atoms with van der Waals surface area (Å²) < 4.78 is 6.11. The fourth-order valence-corrected chi connectivity index (χ4v) is 3.73. The molecule has 2 aliphatic carbocycles. The molecule has 0 unspecified atom stereocenters. The van der Waals surface area contributed by atoms with Gasteiger partial charge in [0.2, 0.25) is 0 Å². The van der Waals surface area contributed by atoms with Crippen LogP contribution in [0.5, 0.6) is 0 Å². The Morgan fingerprint density at radius 3 is 2.00 bits per heavy atom. The molecule has 2 N–H and O–H groups in total. The molecule has 0 saturated heterocycles. The van der Waals surface area contributed by atoms with Crippen LogP contribution in [-0.4, -0.2) is 18.2 Å². The second-order valence-electron chi connectivity index (χ2n) is 6.26. The monoisotopic (exact) mass is 225 g/mol. The van der Waals surface area contributed by atoms with Crippen molar-refractivity contribution in [2.24, 2.45) is 11.1 Å². The van der Waals surface area contributed by atoms with E-state index in [2.05, 4.69) is 13.8 Å². The fraction of sp³-hybridized carbons (Fsp3) is 1.00. The third-order valence-corrected chi connectivity index (χ3v) is 4.74. The molecule has 2 saturated carbocycles. The molecule has 2 fully saturated rings. The van der Waals surface area contributed by atoms with Crippen LogP contribution in [0, 0.1) is 5.41 Å². The zero-order valence-corrected chi connectivity index (χ0v) is 10.9. The molecule has 2 aliphatic rings. The molecule has 2 rings (SSSR count). The average molecular weight is 225 g/mol. The highest BCUT2D eigenvalue weighted by atomic mass is 16.5. The first-order valence-electron chi connectivity index (χ1n) is 6.98. The van der Waals surface area contributed by atoms with Crippen LogP contribution in [0.3, 0.4) is 0 Å². The summed E-state index contributed by atoms with van der Waals surface area (Å²) in [5.74, 6) is 0. The van der Waals surface area contributed by atoms with Crippen LogP contribution in [0.2, 0.25) is 0 Å². The highest BCUT2D eigenvalue weighted by molar-refractivity contribution is 4.97. The SMILES string of the molecule is CC(C)OC1(CN)CCC2(CCCC2)CC1. The van der Waals surface area contributed by atoms with Crippen LogP contribution in [0.4, 0.5) is 0 Å². The molecule has 94 valence electrons. The van der Waals surface area contributed by atoms with E-state index in [9.17, 15) is 0 Å². The molecule has 0 aliphatic heterocycles. The summed E-state index contributed by atoms with van der Waals surface area (Å²) in [6, 6.07) is 0. The van der Waals surface area contributed by atoms with Gasteiger partial charge in [0.25, 0.3) is 0 Å². The Morgan fingerprint density at radius 1 is 1.00 bits per heavy atom. The van der Waals surface area contributed by atoms with E-state index in [0.29, 0.717) is 18.1 Å². The topological polar surface area (TPSA) is 35.2 Å². The number of nitrogens with two attached hydrogens (primary N) is 1. The quantitative estimate of drug-likeness (QED) is 0.800. The van der Waals surface area contributed by atoms with E-state index < -0.39 is 0 Å². The van der Waals surface area contributed by atoms with E-state index in [0.717, 1.165) is 0 Å². The first-order valence-corrected chi connectivity index (χ1v) is 6.98. The van der Waals surface area contributed by atoms with Gasteiger partial charge in [0.15, 0.2) is 0 Å². The van der Waals surface area contributed by atoms with Gasteiger partial charge in [-0.3, -0.25) is 0 Å². The van der Waals surface area contributed by atoms with E-state index in [4.69, 9.17) is 10.5 Å². The Morgan fingerprint density at radius 2 is 1.56 bits per heavy atom. The predicted octanol–water partition coefficient (Wildman–Crippen LogP) is 3.24. The maximum absolute atomic E-state index is 6.11. The van der Waals surface area contributed by atoms with Crippen molar-refractivity contribution in [2.45, 2.75) is 76.9 Å². The molecule has 0 aromatic rings. The molecule has 2 nitrogen and oxygen atoms in total. The molecular formula is C14H27NO. The van der Waals surface area contributed by atoms with Crippen molar-refractivity contribution in [3.8, 4) is 0 Å². The van der Waals surface area contributed by atoms with Crippen LogP contribution >= 0.6 is 0 Å². The van der Waals surface area contributed by atoms with Gasteiger partial charge in [-0.25, -0.2) is 0 Å². The van der Waals surface area contributed by atoms with E-state index in [1.54, 1.807) is 0 Å². The maximum atomic E-state index is 6.11. The molecule has 0 amide bonds. The number of hydrogen-bond acceptors (Lipinski definition) is 2. The Kier molecular flexibility index (Phi) is 3.60. The van der Waals surface area contributed by atoms with Crippen molar-refractivity contribution in [3.63, 3.8) is 0 Å². The van der Waals surface area contributed by atoms with Crippen molar-refractivity contribution in [3.05, 3.63) is 0 Å². The van der Waals surface area contributed by atoms with Crippen LogP contribution < -0.4 is 5.73 Å². The Hall–Kier alpha value is -0.0800. The summed E-state index contributed by atoms with van der Waals surface area (Å²) in [6.45, 7) is 4.94. The van der Waals surface area contributed by atoms with Crippen molar-refractivity contribution < 1.29 is 4.74 Å². The molecule has 0 bridgehead atoms. The highest BCUT2D eigenvalue weighted by Gasteiger charge is 2.44. The highest BCUT2D eigenvalue weighted by Crippen LogP contribution is 2.51. The van der Waals surface area contributed by atoms with E-state index in [1.165, 1.54) is 51.4 Å². The third-order valence-electron chi connectivity index (χ3n) is 4.74. The molecule has 1 spiro atoms. The largest absolute Gasteiger partial charge is 0.371 e. The summed E-state index contributed by atoms with van der Waals surface area (Å²) in [5, 5.41) is 0. The first-order chi connectivity index (χ1) is 7.60. The third kappa shape index (κ3) is 2.43. The Bertz CT molecular complexity index is 221. The van der Waals surface area contributed by atoms with Gasteiger partial charge in [0, 0.05) is 6.54 Å². The molecule has 0 aromatic heterocycles. The lowest BCUT2D eigenvalue weighted by Crippen LogP contribution is -2.47. The minimum Gasteiger partial charge on any atom is -0.371 e. The molecule has 2 heteroatoms.